The van der Waals surface area contributed by atoms with Crippen LogP contribution in [-0.2, 0) is 23.8 Å². The van der Waals surface area contributed by atoms with E-state index in [1.807, 2.05) is 75.4 Å². The van der Waals surface area contributed by atoms with E-state index in [0.717, 1.165) is 16.7 Å². The third-order valence-corrected chi connectivity index (χ3v) is 7.79. The van der Waals surface area contributed by atoms with Crippen LogP contribution in [0.4, 0.5) is 0 Å². The zero-order valence-corrected chi connectivity index (χ0v) is 22.9. The predicted molar refractivity (Wildman–Crippen MR) is 151 cm³/mol. The second kappa shape index (κ2) is 13.5. The molecule has 0 saturated carbocycles. The molecule has 1 amide bonds. The molecule has 0 aromatic heterocycles. The van der Waals surface area contributed by atoms with Crippen molar-refractivity contribution >= 4 is 23.6 Å². The van der Waals surface area contributed by atoms with E-state index in [4.69, 9.17) is 9.47 Å². The molecule has 196 valence electrons. The standard InChI is InChI=1S/C31H37NO4S/c1-5-36-30(3,4)21-22-35-29(34)28(32-24(2)33)23-37-31(25-15-9-6-10-16-25,26-17-11-7-12-18-26)27-19-13-8-14-20-27/h6-20,28H,5,21-23H2,1-4H3,(H,32,33)/t28-/m0/s1. The summed E-state index contributed by atoms with van der Waals surface area (Å²) in [6, 6.07) is 30.0. The van der Waals surface area contributed by atoms with Gasteiger partial charge in [0, 0.05) is 25.7 Å². The van der Waals surface area contributed by atoms with E-state index in [1.54, 1.807) is 11.8 Å². The maximum Gasteiger partial charge on any atom is 0.329 e. The van der Waals surface area contributed by atoms with E-state index in [9.17, 15) is 9.59 Å². The van der Waals surface area contributed by atoms with E-state index in [2.05, 4.69) is 41.7 Å². The number of thioether (sulfide) groups is 1. The largest absolute Gasteiger partial charge is 0.464 e. The van der Waals surface area contributed by atoms with Crippen molar-refractivity contribution in [1.82, 2.24) is 5.32 Å². The topological polar surface area (TPSA) is 64.6 Å². The fourth-order valence-electron chi connectivity index (χ4n) is 4.35. The third kappa shape index (κ3) is 7.70. The van der Waals surface area contributed by atoms with Crippen molar-refractivity contribution in [3.63, 3.8) is 0 Å². The molecule has 0 bridgehead atoms. The molecule has 0 saturated heterocycles. The van der Waals surface area contributed by atoms with E-state index in [-0.39, 0.29) is 12.5 Å². The first-order valence-electron chi connectivity index (χ1n) is 12.7. The van der Waals surface area contributed by atoms with Gasteiger partial charge < -0.3 is 14.8 Å². The normalized spacial score (nSPS) is 12.5. The molecule has 0 aliphatic carbocycles. The lowest BCUT2D eigenvalue weighted by molar-refractivity contribution is -0.148. The van der Waals surface area contributed by atoms with E-state index < -0.39 is 22.4 Å². The minimum absolute atomic E-state index is 0.216. The van der Waals surface area contributed by atoms with Gasteiger partial charge in [0.25, 0.3) is 0 Å². The van der Waals surface area contributed by atoms with Crippen molar-refractivity contribution in [2.75, 3.05) is 19.0 Å². The highest BCUT2D eigenvalue weighted by Crippen LogP contribution is 2.48. The summed E-state index contributed by atoms with van der Waals surface area (Å²) in [5.41, 5.74) is 2.87. The second-order valence-corrected chi connectivity index (χ2v) is 10.7. The number of hydrogen-bond donors (Lipinski definition) is 1. The van der Waals surface area contributed by atoms with Crippen molar-refractivity contribution in [1.29, 1.82) is 0 Å². The molecule has 6 heteroatoms. The van der Waals surface area contributed by atoms with Crippen LogP contribution in [0, 0.1) is 0 Å². The van der Waals surface area contributed by atoms with E-state index in [1.165, 1.54) is 6.92 Å². The van der Waals surface area contributed by atoms with Gasteiger partial charge in [-0.3, -0.25) is 4.79 Å². The van der Waals surface area contributed by atoms with Crippen molar-refractivity contribution in [2.24, 2.45) is 0 Å². The Morgan fingerprint density at radius 3 is 1.70 bits per heavy atom. The molecule has 1 N–H and O–H groups in total. The fourth-order valence-corrected chi connectivity index (χ4v) is 5.90. The number of nitrogens with one attached hydrogen (secondary N) is 1. The molecule has 0 spiro atoms. The Hall–Kier alpha value is -3.09. The Labute approximate surface area is 225 Å². The first-order chi connectivity index (χ1) is 17.8. The number of carbonyl (C=O) groups is 2. The number of benzene rings is 3. The Bertz CT molecular complexity index is 1020. The van der Waals surface area contributed by atoms with Crippen LogP contribution >= 0.6 is 11.8 Å². The van der Waals surface area contributed by atoms with Crippen LogP contribution < -0.4 is 5.32 Å². The summed E-state index contributed by atoms with van der Waals surface area (Å²) in [6.45, 7) is 8.11. The third-order valence-electron chi connectivity index (χ3n) is 6.15. The average molecular weight is 520 g/mol. The maximum absolute atomic E-state index is 13.2. The summed E-state index contributed by atoms with van der Waals surface area (Å²) in [5.74, 6) is -0.397. The van der Waals surface area contributed by atoms with Crippen LogP contribution in [0.15, 0.2) is 91.0 Å². The van der Waals surface area contributed by atoms with Crippen molar-refractivity contribution in [3.05, 3.63) is 108 Å². The molecule has 0 heterocycles. The average Bonchev–Trinajstić information content (AvgIpc) is 2.90. The van der Waals surface area contributed by atoms with Crippen LogP contribution in [-0.4, -0.2) is 42.5 Å². The lowest BCUT2D eigenvalue weighted by atomic mass is 9.84. The van der Waals surface area contributed by atoms with Crippen LogP contribution in [0.3, 0.4) is 0 Å². The molecule has 0 radical (unpaired) electrons. The van der Waals surface area contributed by atoms with Gasteiger partial charge in [-0.15, -0.1) is 11.8 Å². The highest BCUT2D eigenvalue weighted by atomic mass is 32.2. The highest BCUT2D eigenvalue weighted by Gasteiger charge is 2.38. The Morgan fingerprint density at radius 1 is 0.838 bits per heavy atom. The first kappa shape index (κ1) is 28.5. The summed E-state index contributed by atoms with van der Waals surface area (Å²) in [5, 5.41) is 2.81. The number of amides is 1. The fraction of sp³-hybridized carbons (Fsp3) is 0.355. The van der Waals surface area contributed by atoms with Crippen LogP contribution in [0.1, 0.15) is 50.8 Å². The van der Waals surface area contributed by atoms with Gasteiger partial charge in [-0.2, -0.15) is 0 Å². The van der Waals surface area contributed by atoms with Crippen molar-refractivity contribution in [2.45, 2.75) is 50.5 Å². The number of ether oxygens (including phenoxy) is 2. The number of hydrogen-bond acceptors (Lipinski definition) is 5. The number of rotatable bonds is 13. The van der Waals surface area contributed by atoms with Gasteiger partial charge in [-0.1, -0.05) is 91.0 Å². The van der Waals surface area contributed by atoms with Gasteiger partial charge in [0.15, 0.2) is 0 Å². The quantitative estimate of drug-likeness (QED) is 0.223. The minimum atomic E-state index is -0.798. The Balaban J connectivity index is 1.93. The van der Waals surface area contributed by atoms with Crippen LogP contribution in [0.25, 0.3) is 0 Å². The molecule has 0 unspecified atom stereocenters. The molecule has 3 aromatic rings. The van der Waals surface area contributed by atoms with Gasteiger partial charge in [0.2, 0.25) is 5.91 Å². The summed E-state index contributed by atoms with van der Waals surface area (Å²) < 4.78 is 10.7. The Morgan fingerprint density at radius 2 is 1.30 bits per heavy atom. The lowest BCUT2D eigenvalue weighted by Crippen LogP contribution is -2.44. The molecule has 0 aliphatic heterocycles. The van der Waals surface area contributed by atoms with Crippen LogP contribution in [0.2, 0.25) is 0 Å². The van der Waals surface area contributed by atoms with Gasteiger partial charge in [-0.25, -0.2) is 4.79 Å². The molecular formula is C31H37NO4S. The summed E-state index contributed by atoms with van der Waals surface area (Å²) >= 11 is 1.61. The minimum Gasteiger partial charge on any atom is -0.464 e. The summed E-state index contributed by atoms with van der Waals surface area (Å²) in [7, 11) is 0. The number of esters is 1. The smallest absolute Gasteiger partial charge is 0.329 e. The Kier molecular flexibility index (Phi) is 10.4. The molecule has 37 heavy (non-hydrogen) atoms. The molecular weight excluding hydrogens is 482 g/mol. The molecule has 1 atom stereocenters. The SMILES string of the molecule is CCOC(C)(C)CCOC(=O)[C@H](CSC(c1ccccc1)(c1ccccc1)c1ccccc1)NC(C)=O. The lowest BCUT2D eigenvalue weighted by Gasteiger charge is -2.36. The zero-order chi connectivity index (χ0) is 26.7. The van der Waals surface area contributed by atoms with Gasteiger partial charge in [-0.05, 0) is 37.5 Å². The van der Waals surface area contributed by atoms with Crippen molar-refractivity contribution in [3.8, 4) is 0 Å². The van der Waals surface area contributed by atoms with Gasteiger partial charge in [0.05, 0.1) is 17.0 Å². The van der Waals surface area contributed by atoms with E-state index >= 15 is 0 Å². The van der Waals surface area contributed by atoms with E-state index in [0.29, 0.717) is 18.8 Å². The highest BCUT2D eigenvalue weighted by molar-refractivity contribution is 8.00. The first-order valence-corrected chi connectivity index (χ1v) is 13.7. The maximum atomic E-state index is 13.2. The molecule has 0 aliphatic rings. The van der Waals surface area contributed by atoms with Crippen LogP contribution in [0.5, 0.6) is 0 Å². The van der Waals surface area contributed by atoms with Gasteiger partial charge in [0.1, 0.15) is 6.04 Å². The zero-order valence-electron chi connectivity index (χ0n) is 22.1. The number of carbonyl (C=O) groups excluding carboxylic acids is 2. The summed E-state index contributed by atoms with van der Waals surface area (Å²) in [4.78, 5) is 25.2. The molecule has 3 aromatic carbocycles. The predicted octanol–water partition coefficient (Wildman–Crippen LogP) is 5.96. The monoisotopic (exact) mass is 519 g/mol. The molecule has 5 nitrogen and oxygen atoms in total. The summed E-state index contributed by atoms with van der Waals surface area (Å²) in [6.07, 6.45) is 0.564. The molecule has 0 fully saturated rings. The van der Waals surface area contributed by atoms with Crippen molar-refractivity contribution < 1.29 is 19.1 Å². The second-order valence-electron chi connectivity index (χ2n) is 9.45. The molecule has 3 rings (SSSR count). The van der Waals surface area contributed by atoms with Gasteiger partial charge >= 0.3 is 5.97 Å².